The van der Waals surface area contributed by atoms with Gasteiger partial charge < -0.3 is 5.32 Å². The lowest BCUT2D eigenvalue weighted by atomic mass is 10.0. The number of fused-ring (bicyclic) bond motifs is 1. The Morgan fingerprint density at radius 2 is 1.76 bits per heavy atom. The van der Waals surface area contributed by atoms with Gasteiger partial charge in [0.2, 0.25) is 0 Å². The van der Waals surface area contributed by atoms with Gasteiger partial charge in [0.05, 0.1) is 16.3 Å². The van der Waals surface area contributed by atoms with E-state index >= 15 is 0 Å². The Hall–Kier alpha value is -3.24. The number of anilines is 2. The Bertz CT molecular complexity index is 1200. The van der Waals surface area contributed by atoms with Crippen molar-refractivity contribution in [3.05, 3.63) is 95.0 Å². The molecule has 0 aliphatic heterocycles. The fourth-order valence-corrected chi connectivity index (χ4v) is 3.92. The topological polar surface area (TPSA) is 37.3 Å². The first-order chi connectivity index (χ1) is 14.1. The number of benzene rings is 3. The monoisotopic (exact) mass is 397 g/mol. The molecule has 0 bridgehead atoms. The summed E-state index contributed by atoms with van der Waals surface area (Å²) in [4.78, 5) is 10.5. The summed E-state index contributed by atoms with van der Waals surface area (Å²) >= 11 is 1.61. The van der Waals surface area contributed by atoms with Crippen LogP contribution in [0.25, 0.3) is 16.5 Å². The van der Waals surface area contributed by atoms with Crippen molar-refractivity contribution < 1.29 is 0 Å². The summed E-state index contributed by atoms with van der Waals surface area (Å²) in [5.74, 6) is 0. The number of aryl methyl sites for hydroxylation is 1. The number of aromatic nitrogens is 1. The molecular formula is C25H23N3S. The third-order valence-corrected chi connectivity index (χ3v) is 5.79. The zero-order valence-corrected chi connectivity index (χ0v) is 17.6. The molecule has 1 aromatic heterocycles. The quantitative estimate of drug-likeness (QED) is 0.361. The largest absolute Gasteiger partial charge is 0.332 e. The van der Waals surface area contributed by atoms with Gasteiger partial charge in [-0.05, 0) is 49.7 Å². The molecule has 29 heavy (non-hydrogen) atoms. The molecule has 0 fully saturated rings. The molecule has 144 valence electrons. The van der Waals surface area contributed by atoms with Crippen LogP contribution >= 0.6 is 11.3 Å². The second-order valence-corrected chi connectivity index (χ2v) is 7.98. The van der Waals surface area contributed by atoms with E-state index in [4.69, 9.17) is 4.99 Å². The lowest BCUT2D eigenvalue weighted by molar-refractivity contribution is 1.37. The van der Waals surface area contributed by atoms with Crippen LogP contribution in [-0.2, 0) is 0 Å². The van der Waals surface area contributed by atoms with Crippen LogP contribution in [0.4, 0.5) is 10.8 Å². The van der Waals surface area contributed by atoms with Crippen molar-refractivity contribution in [3.63, 3.8) is 0 Å². The number of rotatable bonds is 5. The maximum Gasteiger partial charge on any atom is 0.187 e. The summed E-state index contributed by atoms with van der Waals surface area (Å²) in [7, 11) is 0. The van der Waals surface area contributed by atoms with Gasteiger partial charge in [0.25, 0.3) is 0 Å². The maximum atomic E-state index is 4.89. The molecule has 4 heteroatoms. The molecule has 1 N–H and O–H groups in total. The smallest absolute Gasteiger partial charge is 0.187 e. The third kappa shape index (κ3) is 4.44. The molecule has 0 radical (unpaired) electrons. The summed E-state index contributed by atoms with van der Waals surface area (Å²) in [5, 5.41) is 6.69. The van der Waals surface area contributed by atoms with E-state index in [0.29, 0.717) is 0 Å². The van der Waals surface area contributed by atoms with E-state index in [1.807, 2.05) is 20.0 Å². The van der Waals surface area contributed by atoms with Crippen molar-refractivity contribution in [3.8, 4) is 0 Å². The molecule has 0 aliphatic rings. The lowest BCUT2D eigenvalue weighted by Gasteiger charge is -2.06. The van der Waals surface area contributed by atoms with Crippen LogP contribution in [0.15, 0.2) is 84.0 Å². The summed E-state index contributed by atoms with van der Waals surface area (Å²) < 4.78 is 0. The van der Waals surface area contributed by atoms with E-state index in [9.17, 15) is 0 Å². The highest BCUT2D eigenvalue weighted by molar-refractivity contribution is 7.17. The van der Waals surface area contributed by atoms with Crippen molar-refractivity contribution in [1.29, 1.82) is 0 Å². The predicted molar refractivity (Wildman–Crippen MR) is 126 cm³/mol. The van der Waals surface area contributed by atoms with Gasteiger partial charge in [-0.3, -0.25) is 4.99 Å². The van der Waals surface area contributed by atoms with Gasteiger partial charge in [0.1, 0.15) is 0 Å². The van der Waals surface area contributed by atoms with Crippen molar-refractivity contribution >= 4 is 44.3 Å². The van der Waals surface area contributed by atoms with Gasteiger partial charge in [-0.15, -0.1) is 0 Å². The maximum absolute atomic E-state index is 4.89. The first-order valence-electron chi connectivity index (χ1n) is 9.63. The van der Waals surface area contributed by atoms with Crippen LogP contribution in [0.2, 0.25) is 0 Å². The summed E-state index contributed by atoms with van der Waals surface area (Å²) in [6.45, 7) is 6.14. The molecule has 3 aromatic carbocycles. The van der Waals surface area contributed by atoms with Gasteiger partial charge in [0, 0.05) is 17.4 Å². The number of thiazole rings is 1. The Kier molecular flexibility index (Phi) is 5.54. The van der Waals surface area contributed by atoms with Crippen molar-refractivity contribution in [1.82, 2.24) is 4.98 Å². The molecule has 0 unspecified atom stereocenters. The summed E-state index contributed by atoms with van der Waals surface area (Å²) in [6, 6.07) is 23.2. The van der Waals surface area contributed by atoms with E-state index in [2.05, 4.69) is 90.0 Å². The van der Waals surface area contributed by atoms with Crippen LogP contribution in [-0.4, -0.2) is 10.7 Å². The molecule has 4 aromatic rings. The highest BCUT2D eigenvalue weighted by Gasteiger charge is 2.08. The number of hydrogen-bond acceptors (Lipinski definition) is 4. The van der Waals surface area contributed by atoms with Gasteiger partial charge >= 0.3 is 0 Å². The second kappa shape index (κ2) is 8.41. The van der Waals surface area contributed by atoms with E-state index in [1.165, 1.54) is 16.3 Å². The molecule has 1 heterocycles. The zero-order valence-electron chi connectivity index (χ0n) is 16.8. The van der Waals surface area contributed by atoms with E-state index in [-0.39, 0.29) is 0 Å². The average Bonchev–Trinajstić information content (AvgIpc) is 3.22. The highest BCUT2D eigenvalue weighted by Crippen LogP contribution is 2.26. The molecule has 0 spiro atoms. The molecular weight excluding hydrogens is 374 g/mol. The molecule has 0 atom stereocenters. The standard InChI is InChI=1S/C25H23N3S/c1-4-23(21-12-11-19-7-5-6-8-20(19)15-21)27-18(3)24-16-26-25(29-24)28-22-13-9-17(2)10-14-22/h4-16H,1-3H3,(H,26,28)/b23-4-,27-18?. The normalized spacial score (nSPS) is 12.4. The average molecular weight is 398 g/mol. The molecule has 4 rings (SSSR count). The predicted octanol–water partition coefficient (Wildman–Crippen LogP) is 7.22. The van der Waals surface area contributed by atoms with Gasteiger partial charge in [0.15, 0.2) is 5.13 Å². The van der Waals surface area contributed by atoms with Crippen molar-refractivity contribution in [2.75, 3.05) is 5.32 Å². The third-order valence-electron chi connectivity index (χ3n) is 4.77. The Balaban J connectivity index is 1.56. The van der Waals surface area contributed by atoms with Crippen LogP contribution in [0, 0.1) is 6.92 Å². The number of aliphatic imine (C=N–C) groups is 1. The Morgan fingerprint density at radius 1 is 1.00 bits per heavy atom. The van der Waals surface area contributed by atoms with Crippen LogP contribution in [0.3, 0.4) is 0 Å². The summed E-state index contributed by atoms with van der Waals surface area (Å²) in [5.41, 5.74) is 5.32. The highest BCUT2D eigenvalue weighted by atomic mass is 32.1. The molecule has 0 aliphatic carbocycles. The molecule has 0 saturated carbocycles. The number of nitrogens with one attached hydrogen (secondary N) is 1. The van der Waals surface area contributed by atoms with E-state index < -0.39 is 0 Å². The SMILES string of the molecule is C/C=C(\N=C(C)c1cnc(Nc2ccc(C)cc2)s1)c1ccc2ccccc2c1. The van der Waals surface area contributed by atoms with Gasteiger partial charge in [-0.25, -0.2) is 4.98 Å². The first kappa shape index (κ1) is 19.1. The second-order valence-electron chi connectivity index (χ2n) is 6.95. The fourth-order valence-electron chi connectivity index (χ4n) is 3.14. The first-order valence-corrected chi connectivity index (χ1v) is 10.4. The molecule has 0 amide bonds. The minimum absolute atomic E-state index is 0.867. The Labute approximate surface area is 175 Å². The van der Waals surface area contributed by atoms with Crippen LogP contribution in [0.5, 0.6) is 0 Å². The van der Waals surface area contributed by atoms with E-state index in [0.717, 1.165) is 32.7 Å². The van der Waals surface area contributed by atoms with Crippen LogP contribution < -0.4 is 5.32 Å². The van der Waals surface area contributed by atoms with E-state index in [1.54, 1.807) is 11.3 Å². The number of nitrogens with zero attached hydrogens (tertiary/aromatic N) is 2. The number of hydrogen-bond donors (Lipinski definition) is 1. The summed E-state index contributed by atoms with van der Waals surface area (Å²) in [6.07, 6.45) is 3.94. The van der Waals surface area contributed by atoms with Crippen molar-refractivity contribution in [2.24, 2.45) is 4.99 Å². The molecule has 0 saturated heterocycles. The minimum atomic E-state index is 0.867. The minimum Gasteiger partial charge on any atom is -0.332 e. The Morgan fingerprint density at radius 3 is 2.52 bits per heavy atom. The number of allylic oxidation sites excluding steroid dienone is 1. The van der Waals surface area contributed by atoms with Gasteiger partial charge in [-0.2, -0.15) is 0 Å². The zero-order chi connectivity index (χ0) is 20.2. The lowest BCUT2D eigenvalue weighted by Crippen LogP contribution is -1.92. The fraction of sp³-hybridized carbons (Fsp3) is 0.120. The van der Waals surface area contributed by atoms with Crippen LogP contribution in [0.1, 0.15) is 29.9 Å². The van der Waals surface area contributed by atoms with Crippen molar-refractivity contribution in [2.45, 2.75) is 20.8 Å². The van der Waals surface area contributed by atoms with Gasteiger partial charge in [-0.1, -0.05) is 71.5 Å². The molecule has 3 nitrogen and oxygen atoms in total.